The standard InChI is InChI=1S/C21H22N2O7/c1-12-5-6-15(7-13(12)2)14(3)22-19(24)11-30-21(26)17-8-16(20(25)29-4)9-18(10-17)23(27)28/h5-10,14H,11H2,1-4H3,(H,22,24)/t14-/m1/s1. The van der Waals surface area contributed by atoms with E-state index in [1.807, 2.05) is 32.0 Å². The molecule has 0 bridgehead atoms. The van der Waals surface area contributed by atoms with Gasteiger partial charge in [0.1, 0.15) is 0 Å². The van der Waals surface area contributed by atoms with Gasteiger partial charge in [-0.1, -0.05) is 18.2 Å². The second kappa shape index (κ2) is 9.64. The van der Waals surface area contributed by atoms with Crippen molar-refractivity contribution >= 4 is 23.5 Å². The minimum Gasteiger partial charge on any atom is -0.465 e. The largest absolute Gasteiger partial charge is 0.465 e. The molecule has 1 atom stereocenters. The number of benzene rings is 2. The van der Waals surface area contributed by atoms with Crippen molar-refractivity contribution in [1.29, 1.82) is 0 Å². The van der Waals surface area contributed by atoms with Gasteiger partial charge >= 0.3 is 11.9 Å². The molecule has 30 heavy (non-hydrogen) atoms. The number of rotatable bonds is 7. The number of non-ortho nitro benzene ring substituents is 1. The molecule has 0 aliphatic rings. The van der Waals surface area contributed by atoms with Gasteiger partial charge in [0.2, 0.25) is 0 Å². The van der Waals surface area contributed by atoms with Crippen molar-refractivity contribution in [3.63, 3.8) is 0 Å². The molecule has 9 nitrogen and oxygen atoms in total. The number of aryl methyl sites for hydroxylation is 2. The fraction of sp³-hybridized carbons (Fsp3) is 0.286. The zero-order valence-corrected chi connectivity index (χ0v) is 17.1. The predicted octanol–water partition coefficient (Wildman–Crippen LogP) is 3.03. The number of ether oxygens (including phenoxy) is 2. The van der Waals surface area contributed by atoms with Gasteiger partial charge in [-0.05, 0) is 43.5 Å². The Hall–Kier alpha value is -3.75. The summed E-state index contributed by atoms with van der Waals surface area (Å²) in [5, 5.41) is 13.8. The molecule has 2 aromatic rings. The highest BCUT2D eigenvalue weighted by Gasteiger charge is 2.20. The molecule has 0 radical (unpaired) electrons. The quantitative estimate of drug-likeness (QED) is 0.419. The molecule has 1 amide bonds. The normalized spacial score (nSPS) is 11.3. The van der Waals surface area contributed by atoms with E-state index in [0.29, 0.717) is 0 Å². The van der Waals surface area contributed by atoms with Crippen LogP contribution in [0.25, 0.3) is 0 Å². The first-order chi connectivity index (χ1) is 14.1. The first-order valence-electron chi connectivity index (χ1n) is 9.03. The van der Waals surface area contributed by atoms with Gasteiger partial charge in [0, 0.05) is 12.1 Å². The number of nitro benzene ring substituents is 1. The number of nitrogens with one attached hydrogen (secondary N) is 1. The lowest BCUT2D eigenvalue weighted by atomic mass is 10.0. The van der Waals surface area contributed by atoms with E-state index >= 15 is 0 Å². The van der Waals surface area contributed by atoms with Crippen LogP contribution >= 0.6 is 0 Å². The third-order valence-corrected chi connectivity index (χ3v) is 4.53. The molecule has 158 valence electrons. The van der Waals surface area contributed by atoms with Crippen molar-refractivity contribution in [2.75, 3.05) is 13.7 Å². The highest BCUT2D eigenvalue weighted by molar-refractivity contribution is 5.97. The molecule has 0 aromatic heterocycles. The molecule has 0 unspecified atom stereocenters. The van der Waals surface area contributed by atoms with Crippen LogP contribution in [-0.2, 0) is 14.3 Å². The number of nitrogens with zero attached hydrogens (tertiary/aromatic N) is 1. The Balaban J connectivity index is 2.04. The van der Waals surface area contributed by atoms with Crippen LogP contribution in [0.15, 0.2) is 36.4 Å². The van der Waals surface area contributed by atoms with Gasteiger partial charge in [-0.3, -0.25) is 14.9 Å². The molecular weight excluding hydrogens is 392 g/mol. The summed E-state index contributed by atoms with van der Waals surface area (Å²) >= 11 is 0. The smallest absolute Gasteiger partial charge is 0.338 e. The monoisotopic (exact) mass is 414 g/mol. The first-order valence-corrected chi connectivity index (χ1v) is 9.03. The molecule has 0 saturated heterocycles. The van der Waals surface area contributed by atoms with Crippen LogP contribution in [0.5, 0.6) is 0 Å². The highest BCUT2D eigenvalue weighted by Crippen LogP contribution is 2.19. The van der Waals surface area contributed by atoms with E-state index in [-0.39, 0.29) is 17.2 Å². The summed E-state index contributed by atoms with van der Waals surface area (Å²) in [6.45, 7) is 5.18. The van der Waals surface area contributed by atoms with Crippen LogP contribution in [0.4, 0.5) is 5.69 Å². The van der Waals surface area contributed by atoms with Crippen LogP contribution in [0.1, 0.15) is 50.4 Å². The predicted molar refractivity (Wildman–Crippen MR) is 107 cm³/mol. The molecule has 0 fully saturated rings. The van der Waals surface area contributed by atoms with Crippen molar-refractivity contribution in [3.8, 4) is 0 Å². The molecule has 0 aliphatic heterocycles. The maximum Gasteiger partial charge on any atom is 0.338 e. The van der Waals surface area contributed by atoms with Gasteiger partial charge in [0.15, 0.2) is 6.61 Å². The summed E-state index contributed by atoms with van der Waals surface area (Å²) in [7, 11) is 1.11. The van der Waals surface area contributed by atoms with E-state index in [9.17, 15) is 24.5 Å². The Morgan fingerprint density at radius 1 is 1.03 bits per heavy atom. The number of methoxy groups -OCH3 is 1. The van der Waals surface area contributed by atoms with E-state index in [0.717, 1.165) is 42.0 Å². The average Bonchev–Trinajstić information content (AvgIpc) is 2.72. The van der Waals surface area contributed by atoms with E-state index in [4.69, 9.17) is 4.74 Å². The third-order valence-electron chi connectivity index (χ3n) is 4.53. The van der Waals surface area contributed by atoms with Crippen molar-refractivity contribution in [3.05, 3.63) is 74.3 Å². The highest BCUT2D eigenvalue weighted by atomic mass is 16.6. The van der Waals surface area contributed by atoms with Crippen LogP contribution in [0.2, 0.25) is 0 Å². The number of carbonyl (C=O) groups excluding carboxylic acids is 3. The van der Waals surface area contributed by atoms with E-state index in [1.165, 1.54) is 0 Å². The zero-order chi connectivity index (χ0) is 22.4. The van der Waals surface area contributed by atoms with Crippen molar-refractivity contribution in [2.45, 2.75) is 26.8 Å². The van der Waals surface area contributed by atoms with Gasteiger partial charge in [-0.2, -0.15) is 0 Å². The second-order valence-electron chi connectivity index (χ2n) is 6.73. The van der Waals surface area contributed by atoms with Gasteiger partial charge in [0.25, 0.3) is 11.6 Å². The Kier molecular flexibility index (Phi) is 7.24. The molecule has 0 saturated carbocycles. The summed E-state index contributed by atoms with van der Waals surface area (Å²) < 4.78 is 9.47. The number of carbonyl (C=O) groups is 3. The Morgan fingerprint density at radius 2 is 1.67 bits per heavy atom. The molecule has 1 N–H and O–H groups in total. The summed E-state index contributed by atoms with van der Waals surface area (Å²) in [5.41, 5.74) is 2.24. The average molecular weight is 414 g/mol. The van der Waals surface area contributed by atoms with Crippen LogP contribution in [-0.4, -0.2) is 36.5 Å². The van der Waals surface area contributed by atoms with Crippen molar-refractivity contribution < 1.29 is 28.8 Å². The molecule has 2 aromatic carbocycles. The molecular formula is C21H22N2O7. The van der Waals surface area contributed by atoms with Crippen molar-refractivity contribution in [1.82, 2.24) is 5.32 Å². The van der Waals surface area contributed by atoms with Gasteiger partial charge < -0.3 is 14.8 Å². The molecule has 2 rings (SSSR count). The van der Waals surface area contributed by atoms with Gasteiger partial charge in [-0.15, -0.1) is 0 Å². The van der Waals surface area contributed by atoms with Crippen LogP contribution in [0.3, 0.4) is 0 Å². The number of nitro groups is 1. The lowest BCUT2D eigenvalue weighted by Gasteiger charge is -2.16. The fourth-order valence-electron chi connectivity index (χ4n) is 2.69. The van der Waals surface area contributed by atoms with Gasteiger partial charge in [-0.25, -0.2) is 9.59 Å². The van der Waals surface area contributed by atoms with Crippen molar-refractivity contribution in [2.24, 2.45) is 0 Å². The maximum absolute atomic E-state index is 12.2. The van der Waals surface area contributed by atoms with E-state index in [2.05, 4.69) is 10.1 Å². The SMILES string of the molecule is COC(=O)c1cc(C(=O)OCC(=O)N[C@H](C)c2ccc(C)c(C)c2)cc([N+](=O)[O-])c1. The minimum atomic E-state index is -0.974. The lowest BCUT2D eigenvalue weighted by Crippen LogP contribution is -2.31. The Labute approximate surface area is 173 Å². The summed E-state index contributed by atoms with van der Waals surface area (Å²) in [5.74, 6) is -2.35. The summed E-state index contributed by atoms with van der Waals surface area (Å²) in [4.78, 5) is 46.4. The van der Waals surface area contributed by atoms with Crippen LogP contribution in [0, 0.1) is 24.0 Å². The Bertz CT molecular complexity index is 1000. The third kappa shape index (κ3) is 5.63. The van der Waals surface area contributed by atoms with E-state index in [1.54, 1.807) is 6.92 Å². The number of amides is 1. The maximum atomic E-state index is 12.2. The summed E-state index contributed by atoms with van der Waals surface area (Å²) in [6, 6.07) is 8.57. The molecule has 0 heterocycles. The lowest BCUT2D eigenvalue weighted by molar-refractivity contribution is -0.384. The van der Waals surface area contributed by atoms with Crippen LogP contribution < -0.4 is 5.32 Å². The topological polar surface area (TPSA) is 125 Å². The summed E-state index contributed by atoms with van der Waals surface area (Å²) in [6.07, 6.45) is 0. The molecule has 0 spiro atoms. The zero-order valence-electron chi connectivity index (χ0n) is 17.1. The number of esters is 2. The number of hydrogen-bond donors (Lipinski definition) is 1. The minimum absolute atomic E-state index is 0.175. The van der Waals surface area contributed by atoms with E-state index < -0.39 is 35.1 Å². The number of hydrogen-bond acceptors (Lipinski definition) is 7. The Morgan fingerprint density at radius 3 is 2.23 bits per heavy atom. The molecule has 0 aliphatic carbocycles. The first kappa shape index (κ1) is 22.5. The fourth-order valence-corrected chi connectivity index (χ4v) is 2.69. The molecule has 9 heteroatoms. The second-order valence-corrected chi connectivity index (χ2v) is 6.73. The van der Waals surface area contributed by atoms with Gasteiger partial charge in [0.05, 0.1) is 29.2 Å².